The predicted molar refractivity (Wildman–Crippen MR) is 130 cm³/mol. The molecule has 0 amide bonds. The maximum atomic E-state index is 13.1. The Morgan fingerprint density at radius 2 is 2.00 bits per heavy atom. The summed E-state index contributed by atoms with van der Waals surface area (Å²) in [5, 5.41) is 4.86. The summed E-state index contributed by atoms with van der Waals surface area (Å²) >= 11 is 6.30. The first kappa shape index (κ1) is 25.6. The second kappa shape index (κ2) is 10.5. The number of carbonyl (C=O) groups is 1. The number of nitrogens with zero attached hydrogens (tertiary/aromatic N) is 4. The fraction of sp³-hybridized carbons (Fsp3) is 0.500. The van der Waals surface area contributed by atoms with Gasteiger partial charge >= 0.3 is 5.97 Å². The third kappa shape index (κ3) is 5.04. The van der Waals surface area contributed by atoms with E-state index in [9.17, 15) is 9.59 Å². The van der Waals surface area contributed by atoms with E-state index in [0.717, 1.165) is 18.5 Å². The average molecular weight is 491 g/mol. The molecule has 0 spiro atoms. The Morgan fingerprint density at radius 1 is 1.26 bits per heavy atom. The van der Waals surface area contributed by atoms with Gasteiger partial charge in [-0.15, -0.1) is 0 Å². The van der Waals surface area contributed by atoms with E-state index in [2.05, 4.69) is 17.0 Å². The van der Waals surface area contributed by atoms with Crippen molar-refractivity contribution in [1.82, 2.24) is 19.3 Å². The van der Waals surface area contributed by atoms with Crippen LogP contribution in [-0.2, 0) is 29.5 Å². The van der Waals surface area contributed by atoms with Crippen molar-refractivity contribution >= 4 is 28.6 Å². The number of hydrogen-bond acceptors (Lipinski definition) is 7. The van der Waals surface area contributed by atoms with Crippen molar-refractivity contribution in [2.75, 3.05) is 13.7 Å². The number of fused-ring (bicyclic) bond motifs is 1. The van der Waals surface area contributed by atoms with Gasteiger partial charge in [0.05, 0.1) is 24.4 Å². The predicted octanol–water partition coefficient (Wildman–Crippen LogP) is 3.84. The molecule has 184 valence electrons. The third-order valence-electron chi connectivity index (χ3n) is 5.80. The highest BCUT2D eigenvalue weighted by Crippen LogP contribution is 2.32. The number of aromatic nitrogens is 4. The molecule has 0 saturated heterocycles. The molecular weight excluding hydrogens is 460 g/mol. The Labute approximate surface area is 203 Å². The molecule has 0 radical (unpaired) electrons. The minimum Gasteiger partial charge on any atom is -0.490 e. The molecule has 1 atom stereocenters. The third-order valence-corrected chi connectivity index (χ3v) is 6.11. The van der Waals surface area contributed by atoms with Crippen LogP contribution in [0.3, 0.4) is 0 Å². The number of carbonyl (C=O) groups excluding carboxylic acids is 1. The van der Waals surface area contributed by atoms with Crippen molar-refractivity contribution in [2.45, 2.75) is 59.1 Å². The van der Waals surface area contributed by atoms with Gasteiger partial charge in [-0.05, 0) is 38.8 Å². The highest BCUT2D eigenvalue weighted by atomic mass is 35.5. The lowest BCUT2D eigenvalue weighted by molar-refractivity contribution is -0.157. The number of esters is 1. The minimum absolute atomic E-state index is 0.163. The molecule has 1 aromatic carbocycles. The lowest BCUT2D eigenvalue weighted by Crippen LogP contribution is -2.41. The first-order valence-electron chi connectivity index (χ1n) is 11.3. The van der Waals surface area contributed by atoms with Gasteiger partial charge < -0.3 is 14.2 Å². The average Bonchev–Trinajstić information content (AvgIpc) is 3.12. The molecule has 2 heterocycles. The van der Waals surface area contributed by atoms with Gasteiger partial charge in [-0.3, -0.25) is 14.0 Å². The number of methoxy groups -OCH3 is 1. The molecule has 34 heavy (non-hydrogen) atoms. The molecule has 0 aliphatic heterocycles. The summed E-state index contributed by atoms with van der Waals surface area (Å²) in [5.74, 6) is 0.922. The van der Waals surface area contributed by atoms with Crippen molar-refractivity contribution in [2.24, 2.45) is 7.05 Å². The van der Waals surface area contributed by atoms with Gasteiger partial charge in [-0.25, -0.2) is 9.78 Å². The van der Waals surface area contributed by atoms with Crippen molar-refractivity contribution in [3.8, 4) is 11.5 Å². The molecule has 0 N–H and O–H groups in total. The van der Waals surface area contributed by atoms with Crippen LogP contribution in [0.4, 0.5) is 0 Å². The molecule has 3 rings (SSSR count). The maximum Gasteiger partial charge on any atom is 0.349 e. The summed E-state index contributed by atoms with van der Waals surface area (Å²) in [5.41, 5.74) is 0.665. The summed E-state index contributed by atoms with van der Waals surface area (Å²) in [6.07, 6.45) is 2.11. The second-order valence-electron chi connectivity index (χ2n) is 8.25. The second-order valence-corrected chi connectivity index (χ2v) is 8.66. The van der Waals surface area contributed by atoms with E-state index in [-0.39, 0.29) is 18.7 Å². The van der Waals surface area contributed by atoms with E-state index >= 15 is 0 Å². The summed E-state index contributed by atoms with van der Waals surface area (Å²) in [6.45, 7) is 7.81. The van der Waals surface area contributed by atoms with Crippen molar-refractivity contribution in [1.29, 1.82) is 0 Å². The Balaban J connectivity index is 1.79. The molecular formula is C24H31ClN4O5. The number of aryl methyl sites for hydroxylation is 3. The van der Waals surface area contributed by atoms with E-state index < -0.39 is 11.6 Å². The van der Waals surface area contributed by atoms with Crippen LogP contribution in [0, 0.1) is 6.92 Å². The van der Waals surface area contributed by atoms with Gasteiger partial charge in [0.2, 0.25) is 5.60 Å². The van der Waals surface area contributed by atoms with Crippen LogP contribution in [0.1, 0.15) is 45.1 Å². The van der Waals surface area contributed by atoms with Gasteiger partial charge in [0, 0.05) is 13.1 Å². The molecule has 0 bridgehead atoms. The first-order chi connectivity index (χ1) is 16.1. The van der Waals surface area contributed by atoms with E-state index in [1.54, 1.807) is 48.3 Å². The van der Waals surface area contributed by atoms with E-state index in [1.807, 2.05) is 6.92 Å². The monoisotopic (exact) mass is 490 g/mol. The molecule has 3 aromatic rings. The van der Waals surface area contributed by atoms with Crippen LogP contribution < -0.4 is 15.0 Å². The molecule has 9 nitrogen and oxygen atoms in total. The Bertz CT molecular complexity index is 1250. The van der Waals surface area contributed by atoms with E-state index in [1.165, 1.54) is 7.11 Å². The molecule has 10 heteroatoms. The van der Waals surface area contributed by atoms with E-state index in [4.69, 9.17) is 25.8 Å². The summed E-state index contributed by atoms with van der Waals surface area (Å²) in [7, 11) is 3.08. The largest absolute Gasteiger partial charge is 0.490 e. The Kier molecular flexibility index (Phi) is 7.86. The van der Waals surface area contributed by atoms with E-state index in [0.29, 0.717) is 39.8 Å². The van der Waals surface area contributed by atoms with Gasteiger partial charge in [0.25, 0.3) is 5.56 Å². The van der Waals surface area contributed by atoms with Crippen LogP contribution in [0.15, 0.2) is 23.0 Å². The smallest absolute Gasteiger partial charge is 0.349 e. The van der Waals surface area contributed by atoms with Crippen LogP contribution in [-0.4, -0.2) is 44.6 Å². The zero-order chi connectivity index (χ0) is 25.0. The summed E-state index contributed by atoms with van der Waals surface area (Å²) in [4.78, 5) is 29.9. The summed E-state index contributed by atoms with van der Waals surface area (Å²) < 4.78 is 19.8. The summed E-state index contributed by atoms with van der Waals surface area (Å²) in [6, 6.07) is 4.92. The maximum absolute atomic E-state index is 13.1. The zero-order valence-electron chi connectivity index (χ0n) is 20.5. The molecule has 1 unspecified atom stereocenters. The van der Waals surface area contributed by atoms with Crippen LogP contribution in [0.25, 0.3) is 11.0 Å². The minimum atomic E-state index is -1.13. The van der Waals surface area contributed by atoms with Crippen molar-refractivity contribution in [3.63, 3.8) is 0 Å². The van der Waals surface area contributed by atoms with Gasteiger partial charge in [-0.1, -0.05) is 31.9 Å². The number of ether oxygens (including phenoxy) is 3. The number of rotatable bonds is 10. The Morgan fingerprint density at radius 3 is 2.65 bits per heavy atom. The van der Waals surface area contributed by atoms with Gasteiger partial charge in [-0.2, -0.15) is 5.10 Å². The van der Waals surface area contributed by atoms with Crippen LogP contribution >= 0.6 is 11.6 Å². The fourth-order valence-electron chi connectivity index (χ4n) is 3.73. The molecule has 2 aromatic heterocycles. The topological polar surface area (TPSA) is 97.5 Å². The van der Waals surface area contributed by atoms with Crippen molar-refractivity contribution in [3.05, 3.63) is 45.1 Å². The zero-order valence-corrected chi connectivity index (χ0v) is 21.2. The number of halogens is 1. The molecule has 0 aliphatic carbocycles. The van der Waals surface area contributed by atoms with Gasteiger partial charge in [0.15, 0.2) is 5.52 Å². The molecule has 0 saturated carbocycles. The normalized spacial score (nSPS) is 13.0. The van der Waals surface area contributed by atoms with Crippen LogP contribution in [0.2, 0.25) is 5.02 Å². The standard InChI is InChI=1S/C24H31ClN4O5/c1-7-9-18-20-21(28(5)27-18)22(30)29(15(3)26-20)12-13-33-19-14-16(10-11-17(19)25)34-24(4,8-2)23(31)32-6/h10-11,14H,7-9,12-13H2,1-6H3. The quantitative estimate of drug-likeness (QED) is 0.398. The fourth-order valence-corrected chi connectivity index (χ4v) is 3.90. The van der Waals surface area contributed by atoms with Crippen LogP contribution in [0.5, 0.6) is 11.5 Å². The Hall–Kier alpha value is -3.07. The highest BCUT2D eigenvalue weighted by Gasteiger charge is 2.35. The number of benzene rings is 1. The van der Waals surface area contributed by atoms with Gasteiger partial charge in [0.1, 0.15) is 29.4 Å². The molecule has 0 aliphatic rings. The first-order valence-corrected chi connectivity index (χ1v) is 11.7. The molecule has 0 fully saturated rings. The number of hydrogen-bond donors (Lipinski definition) is 0. The lowest BCUT2D eigenvalue weighted by atomic mass is 10.0. The lowest BCUT2D eigenvalue weighted by Gasteiger charge is -2.26. The SMILES string of the molecule is CCCc1nn(C)c2c(=O)n(CCOc3cc(OC(C)(CC)C(=O)OC)ccc3Cl)c(C)nc12. The van der Waals surface area contributed by atoms with Crippen molar-refractivity contribution < 1.29 is 19.0 Å². The highest BCUT2D eigenvalue weighted by molar-refractivity contribution is 6.32.